The number of thiocarbonyl (C=S) groups is 1. The van der Waals surface area contributed by atoms with Gasteiger partial charge in [-0.1, -0.05) is 24.3 Å². The van der Waals surface area contributed by atoms with Crippen LogP contribution >= 0.6 is 12.2 Å². The molecular formula is C14H12N3S. The Morgan fingerprint density at radius 3 is 2.83 bits per heavy atom. The monoisotopic (exact) mass is 254 g/mol. The van der Waals surface area contributed by atoms with Crippen LogP contribution in [0.3, 0.4) is 0 Å². The van der Waals surface area contributed by atoms with Crippen LogP contribution in [0.25, 0.3) is 10.9 Å². The lowest BCUT2D eigenvalue weighted by atomic mass is 10.0. The molecule has 2 heterocycles. The number of benzene rings is 1. The summed E-state index contributed by atoms with van der Waals surface area (Å²) in [7, 11) is 0. The Morgan fingerprint density at radius 2 is 2.00 bits per heavy atom. The van der Waals surface area contributed by atoms with E-state index in [1.165, 1.54) is 10.9 Å². The molecule has 89 valence electrons. The Bertz CT molecular complexity index is 628. The number of para-hydroxylation sites is 1. The summed E-state index contributed by atoms with van der Waals surface area (Å²) >= 11 is 4.96. The van der Waals surface area contributed by atoms with Crippen LogP contribution in [-0.4, -0.2) is 10.1 Å². The molecule has 0 aliphatic carbocycles. The summed E-state index contributed by atoms with van der Waals surface area (Å²) in [5, 5.41) is 8.91. The molecule has 1 aromatic heterocycles. The number of hydrogen-bond acceptors (Lipinski definition) is 2. The summed E-state index contributed by atoms with van der Waals surface area (Å²) in [4.78, 5) is 4.45. The van der Waals surface area contributed by atoms with Crippen LogP contribution in [0.15, 0.2) is 48.4 Å². The molecule has 0 saturated carbocycles. The number of nitrogens with one attached hydrogen (secondary N) is 1. The van der Waals surface area contributed by atoms with Gasteiger partial charge in [-0.05, 0) is 36.7 Å². The predicted octanol–water partition coefficient (Wildman–Crippen LogP) is 2.50. The zero-order valence-corrected chi connectivity index (χ0v) is 10.6. The second kappa shape index (κ2) is 4.74. The second-order valence-corrected chi connectivity index (χ2v) is 4.58. The van der Waals surface area contributed by atoms with Gasteiger partial charge < -0.3 is 5.32 Å². The van der Waals surface area contributed by atoms with E-state index in [0.29, 0.717) is 5.11 Å². The van der Waals surface area contributed by atoms with Crippen LogP contribution in [0, 0.1) is 0 Å². The largest absolute Gasteiger partial charge is 0.336 e. The Labute approximate surface area is 111 Å². The van der Waals surface area contributed by atoms with Gasteiger partial charge in [-0.2, -0.15) is 0 Å². The standard InChI is InChI=1S/C14H12N3S/c18-14-16-9-12(17-14)7-6-11-4-1-3-10-5-2-8-15-13(10)11/h1-5,8-9H,6-7H2,(H,16,18). The summed E-state index contributed by atoms with van der Waals surface area (Å²) in [6.45, 7) is 0. The maximum absolute atomic E-state index is 4.96. The van der Waals surface area contributed by atoms with Crippen molar-refractivity contribution in [3.8, 4) is 0 Å². The van der Waals surface area contributed by atoms with Crippen molar-refractivity contribution >= 4 is 28.2 Å². The van der Waals surface area contributed by atoms with Gasteiger partial charge in [-0.3, -0.25) is 4.98 Å². The average molecular weight is 254 g/mol. The molecule has 1 aliphatic rings. The van der Waals surface area contributed by atoms with E-state index in [0.717, 1.165) is 24.1 Å². The molecule has 4 heteroatoms. The first-order valence-corrected chi connectivity index (χ1v) is 6.28. The highest BCUT2D eigenvalue weighted by molar-refractivity contribution is 7.80. The number of fused-ring (bicyclic) bond motifs is 1. The van der Waals surface area contributed by atoms with E-state index in [2.05, 4.69) is 39.9 Å². The molecule has 0 unspecified atom stereocenters. The van der Waals surface area contributed by atoms with E-state index in [1.807, 2.05) is 18.5 Å². The van der Waals surface area contributed by atoms with Crippen molar-refractivity contribution in [1.82, 2.24) is 15.6 Å². The van der Waals surface area contributed by atoms with E-state index in [1.54, 1.807) is 0 Å². The highest BCUT2D eigenvalue weighted by Gasteiger charge is 2.10. The van der Waals surface area contributed by atoms with Gasteiger partial charge in [0.25, 0.3) is 0 Å². The fourth-order valence-corrected chi connectivity index (χ4v) is 2.28. The van der Waals surface area contributed by atoms with Crippen molar-refractivity contribution < 1.29 is 0 Å². The third-order valence-corrected chi connectivity index (χ3v) is 3.18. The van der Waals surface area contributed by atoms with Gasteiger partial charge >= 0.3 is 0 Å². The zero-order chi connectivity index (χ0) is 12.4. The van der Waals surface area contributed by atoms with Crippen molar-refractivity contribution in [3.05, 3.63) is 54.0 Å². The topological polar surface area (TPSA) is 39.0 Å². The van der Waals surface area contributed by atoms with Gasteiger partial charge in [0.1, 0.15) is 0 Å². The molecule has 3 rings (SSSR count). The molecule has 0 saturated heterocycles. The van der Waals surface area contributed by atoms with Crippen LogP contribution in [0.4, 0.5) is 0 Å². The minimum Gasteiger partial charge on any atom is -0.336 e. The fraction of sp³-hybridized carbons (Fsp3) is 0.143. The number of aryl methyl sites for hydroxylation is 1. The molecule has 1 radical (unpaired) electrons. The lowest BCUT2D eigenvalue weighted by Gasteiger charge is -2.05. The summed E-state index contributed by atoms with van der Waals surface area (Å²) in [6, 6.07) is 10.3. The molecule has 0 amide bonds. The number of hydrogen-bond donors (Lipinski definition) is 1. The van der Waals surface area contributed by atoms with Crippen LogP contribution in [0.2, 0.25) is 0 Å². The summed E-state index contributed by atoms with van der Waals surface area (Å²) < 4.78 is 0. The van der Waals surface area contributed by atoms with E-state index in [-0.39, 0.29) is 0 Å². The van der Waals surface area contributed by atoms with Gasteiger partial charge in [0.2, 0.25) is 0 Å². The van der Waals surface area contributed by atoms with Crippen LogP contribution in [-0.2, 0) is 6.42 Å². The van der Waals surface area contributed by atoms with Gasteiger partial charge in [0.15, 0.2) is 5.11 Å². The third-order valence-electron chi connectivity index (χ3n) is 2.97. The van der Waals surface area contributed by atoms with Crippen LogP contribution < -0.4 is 10.6 Å². The molecule has 0 fully saturated rings. The zero-order valence-electron chi connectivity index (χ0n) is 9.76. The summed E-state index contributed by atoms with van der Waals surface area (Å²) in [5.74, 6) is 0. The number of pyridine rings is 1. The van der Waals surface area contributed by atoms with Crippen molar-refractivity contribution in [2.75, 3.05) is 0 Å². The highest BCUT2D eigenvalue weighted by Crippen LogP contribution is 2.19. The Hall–Kier alpha value is -1.94. The van der Waals surface area contributed by atoms with Crippen LogP contribution in [0.5, 0.6) is 0 Å². The molecule has 2 aromatic rings. The number of nitrogens with zero attached hydrogens (tertiary/aromatic N) is 2. The number of allylic oxidation sites excluding steroid dienone is 1. The number of rotatable bonds is 3. The Balaban J connectivity index is 1.80. The SMILES string of the molecule is S=C1[N]C(CCc2cccc3cccnc23)=CN1. The van der Waals surface area contributed by atoms with E-state index >= 15 is 0 Å². The first kappa shape index (κ1) is 11.2. The first-order chi connectivity index (χ1) is 8.83. The van der Waals surface area contributed by atoms with Gasteiger partial charge in [-0.15, -0.1) is 0 Å². The molecule has 1 N–H and O–H groups in total. The lowest BCUT2D eigenvalue weighted by molar-refractivity contribution is 0.894. The fourth-order valence-electron chi connectivity index (χ4n) is 2.10. The lowest BCUT2D eigenvalue weighted by Crippen LogP contribution is -2.15. The molecule has 0 spiro atoms. The average Bonchev–Trinajstić information content (AvgIpc) is 2.82. The molecule has 0 atom stereocenters. The minimum atomic E-state index is 0.557. The third kappa shape index (κ3) is 2.19. The van der Waals surface area contributed by atoms with E-state index < -0.39 is 0 Å². The van der Waals surface area contributed by atoms with Crippen molar-refractivity contribution in [1.29, 1.82) is 0 Å². The smallest absolute Gasteiger partial charge is 0.197 e. The number of aromatic nitrogens is 1. The molecule has 1 aliphatic heterocycles. The van der Waals surface area contributed by atoms with Crippen LogP contribution in [0.1, 0.15) is 12.0 Å². The molecule has 1 aromatic carbocycles. The molecule has 18 heavy (non-hydrogen) atoms. The Kier molecular flexibility index (Phi) is 2.94. The van der Waals surface area contributed by atoms with Gasteiger partial charge in [0.05, 0.1) is 11.2 Å². The highest BCUT2D eigenvalue weighted by atomic mass is 32.1. The van der Waals surface area contributed by atoms with Gasteiger partial charge in [0, 0.05) is 17.8 Å². The molecule has 0 bridgehead atoms. The maximum atomic E-state index is 4.96. The van der Waals surface area contributed by atoms with Gasteiger partial charge in [-0.25, -0.2) is 5.32 Å². The van der Waals surface area contributed by atoms with E-state index in [4.69, 9.17) is 12.2 Å². The Morgan fingerprint density at radius 1 is 1.11 bits per heavy atom. The predicted molar refractivity (Wildman–Crippen MR) is 76.0 cm³/mol. The second-order valence-electron chi connectivity index (χ2n) is 4.19. The maximum Gasteiger partial charge on any atom is 0.197 e. The summed E-state index contributed by atoms with van der Waals surface area (Å²) in [6.07, 6.45) is 5.51. The quantitative estimate of drug-likeness (QED) is 0.855. The van der Waals surface area contributed by atoms with Crippen molar-refractivity contribution in [2.24, 2.45) is 0 Å². The molecule has 3 nitrogen and oxygen atoms in total. The molecular weight excluding hydrogens is 242 g/mol. The first-order valence-electron chi connectivity index (χ1n) is 5.87. The van der Waals surface area contributed by atoms with E-state index in [9.17, 15) is 0 Å². The van der Waals surface area contributed by atoms with Crippen molar-refractivity contribution in [3.63, 3.8) is 0 Å². The normalized spacial score (nSPS) is 14.2. The van der Waals surface area contributed by atoms with Crippen molar-refractivity contribution in [2.45, 2.75) is 12.8 Å². The summed E-state index contributed by atoms with van der Waals surface area (Å²) in [5.41, 5.74) is 3.34. The minimum absolute atomic E-state index is 0.557.